The molecule has 0 spiro atoms. The van der Waals surface area contributed by atoms with Gasteiger partial charge in [-0.05, 0) is 36.4 Å². The van der Waals surface area contributed by atoms with Gasteiger partial charge in [-0.3, -0.25) is 4.57 Å². The van der Waals surface area contributed by atoms with E-state index < -0.39 is 0 Å². The molecular formula is C14H8BrClN4. The van der Waals surface area contributed by atoms with Crippen LogP contribution in [0.25, 0.3) is 16.7 Å². The molecule has 0 fully saturated rings. The molecule has 0 aliphatic rings. The Kier molecular flexibility index (Phi) is 3.13. The van der Waals surface area contributed by atoms with E-state index in [1.807, 2.05) is 18.2 Å². The van der Waals surface area contributed by atoms with Crippen LogP contribution in [0.15, 0.2) is 40.9 Å². The molecular weight excluding hydrogens is 340 g/mol. The minimum absolute atomic E-state index is 0.317. The van der Waals surface area contributed by atoms with Crippen LogP contribution in [0, 0.1) is 11.3 Å². The maximum atomic E-state index is 9.25. The summed E-state index contributed by atoms with van der Waals surface area (Å²) in [5, 5.41) is 9.85. The van der Waals surface area contributed by atoms with Gasteiger partial charge >= 0.3 is 0 Å². The van der Waals surface area contributed by atoms with Crippen molar-refractivity contribution in [2.24, 2.45) is 0 Å². The topological polar surface area (TPSA) is 67.6 Å². The van der Waals surface area contributed by atoms with Crippen molar-refractivity contribution in [3.63, 3.8) is 0 Å². The van der Waals surface area contributed by atoms with E-state index in [9.17, 15) is 5.26 Å². The van der Waals surface area contributed by atoms with Gasteiger partial charge in [0.2, 0.25) is 5.95 Å². The highest BCUT2D eigenvalue weighted by Crippen LogP contribution is 2.28. The van der Waals surface area contributed by atoms with Gasteiger partial charge in [-0.1, -0.05) is 27.5 Å². The van der Waals surface area contributed by atoms with Gasteiger partial charge in [0.05, 0.1) is 22.3 Å². The summed E-state index contributed by atoms with van der Waals surface area (Å²) in [7, 11) is 0. The second kappa shape index (κ2) is 4.82. The minimum atomic E-state index is 0.317. The summed E-state index contributed by atoms with van der Waals surface area (Å²) in [5.41, 5.74) is 8.70. The highest BCUT2D eigenvalue weighted by atomic mass is 79.9. The van der Waals surface area contributed by atoms with Crippen LogP contribution >= 0.6 is 27.5 Å². The fraction of sp³-hybridized carbons (Fsp3) is 0. The number of nitrogens with two attached hydrogens (primary N) is 1. The third kappa shape index (κ3) is 2.03. The molecule has 6 heteroatoms. The van der Waals surface area contributed by atoms with Crippen LogP contribution in [-0.2, 0) is 0 Å². The second-order valence-electron chi connectivity index (χ2n) is 4.21. The van der Waals surface area contributed by atoms with E-state index in [4.69, 9.17) is 17.3 Å². The Labute approximate surface area is 128 Å². The lowest BCUT2D eigenvalue weighted by Crippen LogP contribution is -2.02. The van der Waals surface area contributed by atoms with E-state index in [1.165, 1.54) is 0 Å². The van der Waals surface area contributed by atoms with Gasteiger partial charge < -0.3 is 5.73 Å². The van der Waals surface area contributed by atoms with Crippen molar-refractivity contribution in [2.75, 3.05) is 5.73 Å². The van der Waals surface area contributed by atoms with Crippen molar-refractivity contribution >= 4 is 44.5 Å². The number of nitrogen functional groups attached to an aromatic ring is 1. The van der Waals surface area contributed by atoms with Crippen LogP contribution < -0.4 is 5.73 Å². The number of aromatic nitrogens is 2. The summed E-state index contributed by atoms with van der Waals surface area (Å²) in [4.78, 5) is 4.29. The van der Waals surface area contributed by atoms with Crippen LogP contribution in [0.5, 0.6) is 0 Å². The van der Waals surface area contributed by atoms with E-state index in [0.717, 1.165) is 9.99 Å². The minimum Gasteiger partial charge on any atom is -0.369 e. The first-order chi connectivity index (χ1) is 9.60. The number of nitriles is 1. The van der Waals surface area contributed by atoms with Crippen molar-refractivity contribution in [3.8, 4) is 11.8 Å². The van der Waals surface area contributed by atoms with Crippen molar-refractivity contribution in [2.45, 2.75) is 0 Å². The zero-order valence-corrected chi connectivity index (χ0v) is 12.5. The summed E-state index contributed by atoms with van der Waals surface area (Å²) in [6.45, 7) is 0. The molecule has 1 heterocycles. The molecule has 0 saturated carbocycles. The van der Waals surface area contributed by atoms with Gasteiger partial charge in [-0.25, -0.2) is 4.98 Å². The number of imidazole rings is 1. The molecule has 1 aromatic heterocycles. The molecule has 0 radical (unpaired) electrons. The quantitative estimate of drug-likeness (QED) is 0.726. The van der Waals surface area contributed by atoms with Crippen molar-refractivity contribution in [1.82, 2.24) is 9.55 Å². The zero-order chi connectivity index (χ0) is 14.3. The van der Waals surface area contributed by atoms with Crippen LogP contribution in [-0.4, -0.2) is 9.55 Å². The van der Waals surface area contributed by atoms with E-state index in [0.29, 0.717) is 27.7 Å². The molecule has 2 aromatic carbocycles. The maximum Gasteiger partial charge on any atom is 0.205 e. The van der Waals surface area contributed by atoms with Gasteiger partial charge in [-0.15, -0.1) is 0 Å². The number of rotatable bonds is 1. The molecule has 98 valence electrons. The zero-order valence-electron chi connectivity index (χ0n) is 10.1. The smallest absolute Gasteiger partial charge is 0.205 e. The predicted molar refractivity (Wildman–Crippen MR) is 82.9 cm³/mol. The highest BCUT2D eigenvalue weighted by molar-refractivity contribution is 9.10. The Balaban J connectivity index is 2.38. The van der Waals surface area contributed by atoms with Crippen molar-refractivity contribution in [1.29, 1.82) is 5.26 Å². The molecule has 0 atom stereocenters. The normalized spacial score (nSPS) is 10.7. The molecule has 0 aliphatic heterocycles. The van der Waals surface area contributed by atoms with Gasteiger partial charge in [-0.2, -0.15) is 5.26 Å². The summed E-state index contributed by atoms with van der Waals surface area (Å²) in [5.74, 6) is 0.317. The molecule has 0 bridgehead atoms. The second-order valence-corrected chi connectivity index (χ2v) is 5.56. The number of hydrogen-bond donors (Lipinski definition) is 1. The van der Waals surface area contributed by atoms with Gasteiger partial charge in [0.15, 0.2) is 0 Å². The van der Waals surface area contributed by atoms with Crippen LogP contribution in [0.1, 0.15) is 5.56 Å². The first kappa shape index (κ1) is 13.0. The predicted octanol–water partition coefficient (Wildman–Crippen LogP) is 3.90. The van der Waals surface area contributed by atoms with Crippen molar-refractivity contribution < 1.29 is 0 Å². The number of nitrogens with zero attached hydrogens (tertiary/aromatic N) is 3. The van der Waals surface area contributed by atoms with Crippen LogP contribution in [0.4, 0.5) is 5.95 Å². The molecule has 20 heavy (non-hydrogen) atoms. The third-order valence-electron chi connectivity index (χ3n) is 2.96. The molecule has 4 nitrogen and oxygen atoms in total. The first-order valence-electron chi connectivity index (χ1n) is 5.73. The Bertz CT molecular complexity index is 863. The lowest BCUT2D eigenvalue weighted by molar-refractivity contribution is 1.10. The SMILES string of the molecule is N#Cc1ccc(Br)cc1-n1c(N)nc2cc(Cl)ccc21. The number of halogens is 2. The highest BCUT2D eigenvalue weighted by Gasteiger charge is 2.14. The van der Waals surface area contributed by atoms with E-state index >= 15 is 0 Å². The van der Waals surface area contributed by atoms with E-state index in [-0.39, 0.29) is 0 Å². The Morgan fingerprint density at radius 2 is 2.05 bits per heavy atom. The summed E-state index contributed by atoms with van der Waals surface area (Å²) >= 11 is 9.37. The van der Waals surface area contributed by atoms with Crippen LogP contribution in [0.3, 0.4) is 0 Å². The van der Waals surface area contributed by atoms with Crippen molar-refractivity contribution in [3.05, 3.63) is 51.5 Å². The lowest BCUT2D eigenvalue weighted by atomic mass is 10.2. The molecule has 0 amide bonds. The lowest BCUT2D eigenvalue weighted by Gasteiger charge is -2.09. The van der Waals surface area contributed by atoms with Gasteiger partial charge in [0.25, 0.3) is 0 Å². The van der Waals surface area contributed by atoms with Crippen LogP contribution in [0.2, 0.25) is 5.02 Å². The largest absolute Gasteiger partial charge is 0.369 e. The Morgan fingerprint density at radius 3 is 2.80 bits per heavy atom. The fourth-order valence-corrected chi connectivity index (χ4v) is 2.62. The standard InChI is InChI=1S/C14H8BrClN4/c15-9-2-1-8(7-17)13(5-9)20-12-4-3-10(16)6-11(12)19-14(20)18/h1-6H,(H2,18,19). The van der Waals surface area contributed by atoms with E-state index in [2.05, 4.69) is 27.0 Å². The Hall–Kier alpha value is -2.03. The Morgan fingerprint density at radius 1 is 1.25 bits per heavy atom. The number of anilines is 1. The fourth-order valence-electron chi connectivity index (χ4n) is 2.11. The van der Waals surface area contributed by atoms with Gasteiger partial charge in [0, 0.05) is 9.50 Å². The summed E-state index contributed by atoms with van der Waals surface area (Å²) in [6.07, 6.45) is 0. The molecule has 0 aliphatic carbocycles. The monoisotopic (exact) mass is 346 g/mol. The maximum absolute atomic E-state index is 9.25. The molecule has 0 unspecified atom stereocenters. The number of hydrogen-bond acceptors (Lipinski definition) is 3. The number of benzene rings is 2. The third-order valence-corrected chi connectivity index (χ3v) is 3.69. The summed E-state index contributed by atoms with van der Waals surface area (Å²) < 4.78 is 2.61. The molecule has 2 N–H and O–H groups in total. The molecule has 0 saturated heterocycles. The average Bonchev–Trinajstić information content (AvgIpc) is 2.73. The average molecular weight is 348 g/mol. The molecule has 3 rings (SSSR count). The number of fused-ring (bicyclic) bond motifs is 1. The van der Waals surface area contributed by atoms with E-state index in [1.54, 1.807) is 22.8 Å². The first-order valence-corrected chi connectivity index (χ1v) is 6.91. The van der Waals surface area contributed by atoms with Gasteiger partial charge in [0.1, 0.15) is 6.07 Å². The summed E-state index contributed by atoms with van der Waals surface area (Å²) in [6, 6.07) is 12.9. The molecule has 3 aromatic rings.